The van der Waals surface area contributed by atoms with Gasteiger partial charge in [-0.3, -0.25) is 48.4 Å². The summed E-state index contributed by atoms with van der Waals surface area (Å²) in [5, 5.41) is 80.3. The summed E-state index contributed by atoms with van der Waals surface area (Å²) < 4.78 is 0. The van der Waals surface area contributed by atoms with Crippen molar-refractivity contribution in [3.05, 3.63) is 29.8 Å². The number of nitrogens with one attached hydrogen (secondary N) is 5. The molecule has 2 aliphatic heterocycles. The number of benzene rings is 1. The number of carbonyl (C=O) groups excluding carboxylic acids is 2. The molecule has 12 N–H and O–H groups in total. The van der Waals surface area contributed by atoms with E-state index < -0.39 is 72.4 Å². The van der Waals surface area contributed by atoms with Crippen molar-refractivity contribution in [2.24, 2.45) is 0 Å². The van der Waals surface area contributed by atoms with Crippen molar-refractivity contribution in [3.8, 4) is 0 Å². The fourth-order valence-electron chi connectivity index (χ4n) is 9.29. The van der Waals surface area contributed by atoms with Crippen LogP contribution in [0.2, 0.25) is 0 Å². The maximum absolute atomic E-state index is 12.4. The number of urea groups is 1. The van der Waals surface area contributed by atoms with Gasteiger partial charge in [-0.1, -0.05) is 31.4 Å². The number of amides is 3. The first-order valence-electron chi connectivity index (χ1n) is 27.1. The molecule has 2 aliphatic rings. The monoisotopic (exact) mass is 1300 g/mol. The first kappa shape index (κ1) is 69.0. The molecule has 81 heavy (non-hydrogen) atoms. The van der Waals surface area contributed by atoms with Gasteiger partial charge in [0.25, 0.3) is 0 Å². The number of carboxylic acid groups (broad SMARTS) is 7. The Bertz CT molecular complexity index is 2350. The van der Waals surface area contributed by atoms with E-state index in [9.17, 15) is 73.8 Å². The molecule has 30 heteroatoms. The molecule has 1 aromatic carbocycles. The predicted molar refractivity (Wildman–Crippen MR) is 289 cm³/mol. The predicted octanol–water partition coefficient (Wildman–Crippen LogP) is 1.19. The summed E-state index contributed by atoms with van der Waals surface area (Å²) in [5.74, 6) is -7.27. The molecule has 2 aromatic rings. The van der Waals surface area contributed by atoms with Crippen LogP contribution in [0.5, 0.6) is 0 Å². The van der Waals surface area contributed by atoms with E-state index in [4.69, 9.17) is 15.1 Å². The summed E-state index contributed by atoms with van der Waals surface area (Å²) in [6.45, 7) is 2.34. The minimum absolute atomic E-state index is 0. The number of carbonyl (C=O) groups is 9. The van der Waals surface area contributed by atoms with Gasteiger partial charge in [0.05, 0.1) is 26.2 Å². The van der Waals surface area contributed by atoms with Crippen molar-refractivity contribution in [1.29, 1.82) is 0 Å². The number of rotatable bonds is 34. The second-order valence-corrected chi connectivity index (χ2v) is 20.0. The maximum atomic E-state index is 12.4. The summed E-state index contributed by atoms with van der Waals surface area (Å²) in [5.41, 5.74) is 1.48. The molecule has 0 aliphatic carbocycles. The number of anilines is 4. The molecule has 3 atom stereocenters. The molecular weight excluding hydrogens is 1230 g/mol. The summed E-state index contributed by atoms with van der Waals surface area (Å²) >= 11 is 0. The number of unbranched alkanes of at least 4 members (excludes halogenated alkanes) is 5. The number of hydrogen-bond donors (Lipinski definition) is 12. The first-order valence-corrected chi connectivity index (χ1v) is 27.1. The van der Waals surface area contributed by atoms with E-state index >= 15 is 0 Å². The molecule has 3 heterocycles. The topological polar surface area (TPSA) is 410 Å². The van der Waals surface area contributed by atoms with Crippen molar-refractivity contribution < 1.29 is 116 Å². The molecule has 3 amide bonds. The maximum Gasteiger partial charge on any atom is 0.326 e. The second-order valence-electron chi connectivity index (χ2n) is 20.0. The van der Waals surface area contributed by atoms with E-state index in [0.29, 0.717) is 68.7 Å². The number of nitrogens with zero attached hydrogens (tertiary/aromatic N) is 8. The van der Waals surface area contributed by atoms with E-state index in [1.807, 2.05) is 24.3 Å². The zero-order chi connectivity index (χ0) is 58.4. The molecule has 0 unspecified atom stereocenters. The molecule has 1 radical (unpaired) electrons. The van der Waals surface area contributed by atoms with Crippen LogP contribution in [0, 0.1) is 36.9 Å². The van der Waals surface area contributed by atoms with Gasteiger partial charge in [0, 0.05) is 133 Å². The summed E-state index contributed by atoms with van der Waals surface area (Å²) in [6.07, 6.45) is 7.73. The number of carboxylic acids is 7. The van der Waals surface area contributed by atoms with Gasteiger partial charge < -0.3 is 67.2 Å². The Balaban J connectivity index is 0.0000172. The van der Waals surface area contributed by atoms with Gasteiger partial charge in [-0.05, 0) is 81.9 Å². The van der Waals surface area contributed by atoms with Crippen LogP contribution < -0.4 is 31.5 Å². The van der Waals surface area contributed by atoms with Gasteiger partial charge in [0.1, 0.15) is 12.1 Å². The summed E-state index contributed by atoms with van der Waals surface area (Å²) in [4.78, 5) is 129. The SMILES string of the molecule is O=C(O)CC[C@H](NC(=O)N[C@@H](CCCCNC(=O)CCCCCCCNc1nc(Nc2ccc(C[C@H]3CN(CC(=O)O)CCN(CC(=O)O)CCN(CC(=O)O)CCN3CC(=O)O)cc2)nc(N2CCCCC2)n1)C(=O)O)C(=O)O.[Lu]. The molecule has 0 saturated carbocycles. The van der Waals surface area contributed by atoms with Gasteiger partial charge in [-0.15, -0.1) is 0 Å². The van der Waals surface area contributed by atoms with Crippen LogP contribution in [-0.4, -0.2) is 240 Å². The third-order valence-corrected chi connectivity index (χ3v) is 13.5. The normalized spacial score (nSPS) is 16.7. The zero-order valence-electron chi connectivity index (χ0n) is 45.4. The van der Waals surface area contributed by atoms with Crippen LogP contribution in [0.4, 0.5) is 28.3 Å². The van der Waals surface area contributed by atoms with E-state index in [1.54, 1.807) is 19.6 Å². The minimum atomic E-state index is -1.51. The zero-order valence-corrected chi connectivity index (χ0v) is 47.1. The van der Waals surface area contributed by atoms with Crippen molar-refractivity contribution >= 4 is 77.3 Å². The Labute approximate surface area is 498 Å². The van der Waals surface area contributed by atoms with E-state index in [-0.39, 0.29) is 128 Å². The van der Waals surface area contributed by atoms with Crippen molar-refractivity contribution in [1.82, 2.24) is 50.5 Å². The number of aliphatic carboxylic acids is 7. The van der Waals surface area contributed by atoms with Crippen LogP contribution in [0.25, 0.3) is 0 Å². The van der Waals surface area contributed by atoms with Crippen molar-refractivity contribution in [2.75, 3.05) is 114 Å². The third-order valence-electron chi connectivity index (χ3n) is 13.5. The Morgan fingerprint density at radius 3 is 1.65 bits per heavy atom. The third kappa shape index (κ3) is 28.8. The molecule has 2 saturated heterocycles. The van der Waals surface area contributed by atoms with Gasteiger partial charge >= 0.3 is 47.8 Å². The number of aromatic nitrogens is 3. The largest absolute Gasteiger partial charge is 0.481 e. The van der Waals surface area contributed by atoms with Crippen molar-refractivity contribution in [2.45, 2.75) is 114 Å². The average molecular weight is 1310 g/mol. The smallest absolute Gasteiger partial charge is 0.326 e. The van der Waals surface area contributed by atoms with E-state index in [0.717, 1.165) is 63.6 Å². The van der Waals surface area contributed by atoms with Crippen LogP contribution >= 0.6 is 0 Å². The second kappa shape index (κ2) is 37.7. The molecule has 459 valence electrons. The van der Waals surface area contributed by atoms with Gasteiger partial charge in [0.2, 0.25) is 23.8 Å². The average Bonchev–Trinajstić information content (AvgIpc) is 3.41. The van der Waals surface area contributed by atoms with Crippen molar-refractivity contribution in [3.63, 3.8) is 0 Å². The molecule has 0 spiro atoms. The summed E-state index contributed by atoms with van der Waals surface area (Å²) in [6, 6.07) is 3.02. The Hall–Kier alpha value is -6.27. The number of hydrogen-bond acceptors (Lipinski definition) is 19. The van der Waals surface area contributed by atoms with E-state index in [1.165, 1.54) is 0 Å². The molecule has 4 rings (SSSR count). The van der Waals surface area contributed by atoms with Gasteiger partial charge in [0.15, 0.2) is 0 Å². The van der Waals surface area contributed by atoms with E-state index in [2.05, 4.69) is 36.5 Å². The number of piperidine rings is 1. The van der Waals surface area contributed by atoms with Crippen LogP contribution in [-0.2, 0) is 44.8 Å². The molecule has 1 aromatic heterocycles. The Morgan fingerprint density at radius 2 is 1.06 bits per heavy atom. The molecule has 0 bridgehead atoms. The fourth-order valence-corrected chi connectivity index (χ4v) is 9.29. The van der Waals surface area contributed by atoms with Crippen LogP contribution in [0.1, 0.15) is 95.5 Å². The van der Waals surface area contributed by atoms with Gasteiger partial charge in [-0.2, -0.15) is 15.0 Å². The van der Waals surface area contributed by atoms with Crippen LogP contribution in [0.15, 0.2) is 24.3 Å². The Morgan fingerprint density at radius 1 is 0.531 bits per heavy atom. The molecule has 2 fully saturated rings. The van der Waals surface area contributed by atoms with Gasteiger partial charge in [-0.25, -0.2) is 14.4 Å². The fraction of sp³-hybridized carbons (Fsp3) is 0.647. The molecular formula is C51H79LuN13O16. The first-order chi connectivity index (χ1) is 38.2. The minimum Gasteiger partial charge on any atom is -0.481 e. The molecule has 29 nitrogen and oxygen atoms in total. The summed E-state index contributed by atoms with van der Waals surface area (Å²) in [7, 11) is 0. The van der Waals surface area contributed by atoms with Crippen LogP contribution in [0.3, 0.4) is 0 Å². The Kier molecular flexibility index (Phi) is 32.1. The quantitative estimate of drug-likeness (QED) is 0.0438. The standard InChI is InChI=1S/C51H79N13O16.Lu/c65-40(52-19-8-6-11-38(46(76)77)55-51(80)56-39(47(78)79)17-18-41(66)67)12-5-2-1-3-7-20-53-48-57-49(59-50(58-48)63-21-9-4-10-22-63)54-36-15-13-35(14-16-36)29-37-30-62(33-44(72)73)26-25-60(31-42(68)69)23-24-61(32-43(70)71)27-28-64(37)34-45(74)75;/h13-16,37-39H,1-12,17-34H2,(H,52,65)(H,66,67)(H,68,69)(H,70,71)(H,72,73)(H,74,75)(H,76,77)(H,78,79)(H2,55,56,80)(H2,53,54,57,58,59);/t37-,38-,39-;/m0./s1.